The smallest absolute Gasteiger partial charge is 0.104 e. The third-order valence-corrected chi connectivity index (χ3v) is 9.97. The Labute approximate surface area is 352 Å². The van der Waals surface area contributed by atoms with E-state index in [0.717, 1.165) is 73.3 Å². The molecule has 5 aromatic carbocycles. The molecule has 300 valence electrons. The lowest BCUT2D eigenvalue weighted by atomic mass is 9.92. The van der Waals surface area contributed by atoms with Crippen LogP contribution >= 0.6 is 0 Å². The Morgan fingerprint density at radius 3 is 1.97 bits per heavy atom. The highest BCUT2D eigenvalue weighted by molar-refractivity contribution is 6.14. The van der Waals surface area contributed by atoms with Crippen LogP contribution in [0.2, 0.25) is 0 Å². The molecule has 3 N–H and O–H groups in total. The molecular formula is C54H59N5. The number of nitrogens with two attached hydrogens (primary N) is 1. The van der Waals surface area contributed by atoms with Crippen molar-refractivity contribution in [2.75, 3.05) is 13.6 Å². The first-order chi connectivity index (χ1) is 28.9. The van der Waals surface area contributed by atoms with Gasteiger partial charge in [-0.15, -0.1) is 0 Å². The van der Waals surface area contributed by atoms with Gasteiger partial charge in [0.05, 0.1) is 28.0 Å². The number of aromatic nitrogens is 2. The molecule has 2 unspecified atom stereocenters. The van der Waals surface area contributed by atoms with Crippen molar-refractivity contribution in [3.8, 4) is 22.3 Å². The molecule has 0 spiro atoms. The predicted octanol–water partition coefficient (Wildman–Crippen LogP) is 13.6. The number of allylic oxidation sites excluding steroid dienone is 6. The van der Waals surface area contributed by atoms with Gasteiger partial charge in [0.15, 0.2) is 0 Å². The summed E-state index contributed by atoms with van der Waals surface area (Å²) in [6, 6.07) is 49.1. The van der Waals surface area contributed by atoms with Gasteiger partial charge in [-0.1, -0.05) is 161 Å². The first-order valence-electron chi connectivity index (χ1n) is 20.7. The van der Waals surface area contributed by atoms with Crippen LogP contribution in [0.5, 0.6) is 0 Å². The highest BCUT2D eigenvalue weighted by Crippen LogP contribution is 2.37. The summed E-state index contributed by atoms with van der Waals surface area (Å²) in [6.45, 7) is 16.9. The Kier molecular flexibility index (Phi) is 16.3. The molecule has 0 aliphatic heterocycles. The zero-order chi connectivity index (χ0) is 42.1. The molecular weight excluding hydrogens is 719 g/mol. The number of hydrogen-bond acceptors (Lipinski definition) is 4. The fraction of sp³-hybridized carbons (Fsp3) is 0.185. The average Bonchev–Trinajstić information content (AvgIpc) is 3.61. The summed E-state index contributed by atoms with van der Waals surface area (Å²) in [7, 11) is 1.87. The van der Waals surface area contributed by atoms with Crippen molar-refractivity contribution in [3.63, 3.8) is 0 Å². The summed E-state index contributed by atoms with van der Waals surface area (Å²) in [5.74, 6) is 0. The fourth-order valence-electron chi connectivity index (χ4n) is 7.19. The van der Waals surface area contributed by atoms with Crippen LogP contribution in [0.4, 0.5) is 0 Å². The maximum absolute atomic E-state index is 5.61. The van der Waals surface area contributed by atoms with E-state index in [1.54, 1.807) is 6.08 Å². The van der Waals surface area contributed by atoms with Gasteiger partial charge >= 0.3 is 0 Å². The van der Waals surface area contributed by atoms with Crippen LogP contribution < -0.4 is 11.1 Å². The number of benzene rings is 5. The minimum Gasteiger partial charge on any atom is -0.324 e. The lowest BCUT2D eigenvalue weighted by Gasteiger charge is -2.19. The van der Waals surface area contributed by atoms with Crippen molar-refractivity contribution in [1.29, 1.82) is 0 Å². The molecule has 5 nitrogen and oxygen atoms in total. The third-order valence-electron chi connectivity index (χ3n) is 9.97. The normalized spacial score (nSPS) is 12.9. The Hall–Kier alpha value is -6.40. The fourth-order valence-corrected chi connectivity index (χ4v) is 7.19. The average molecular weight is 778 g/mol. The number of rotatable bonds is 12. The van der Waals surface area contributed by atoms with Gasteiger partial charge in [0.25, 0.3) is 0 Å². The summed E-state index contributed by atoms with van der Waals surface area (Å²) in [4.78, 5) is 10.1. The van der Waals surface area contributed by atoms with Crippen molar-refractivity contribution in [2.45, 2.75) is 53.8 Å². The molecule has 2 aromatic heterocycles. The van der Waals surface area contributed by atoms with Crippen LogP contribution in [-0.2, 0) is 0 Å². The molecule has 0 amide bonds. The standard InChI is InChI=1S/C44H42N4.C8H11N.C2H6/c1-6-10-18-31(8-3)39-24-26-41-44(47-39)38-30-34(23-25-40(38)48(41)42(17-7-2)46-9-4)36-27-35(32-19-13-11-14-20-32)28-37(29-36)43(45-5)33-21-15-12-16-22-33;1-7(9)8-5-3-2-4-6-8;1-2/h6-8,10-30,42,46H,1,9H2,2-5H3;2-7H,9H2,1H3;1-2H3/b17-7-,18-10-,31-8+,45-43?;;. The monoisotopic (exact) mass is 777 g/mol. The van der Waals surface area contributed by atoms with Gasteiger partial charge in [-0.2, -0.15) is 0 Å². The highest BCUT2D eigenvalue weighted by Gasteiger charge is 2.19. The molecule has 0 saturated heterocycles. The number of pyridine rings is 1. The van der Waals surface area contributed by atoms with Crippen LogP contribution in [0.3, 0.4) is 0 Å². The van der Waals surface area contributed by atoms with E-state index in [4.69, 9.17) is 15.7 Å². The first kappa shape index (κ1) is 43.7. The molecule has 7 rings (SSSR count). The molecule has 7 aromatic rings. The van der Waals surface area contributed by atoms with Crippen molar-refractivity contribution < 1.29 is 0 Å². The van der Waals surface area contributed by atoms with Gasteiger partial charge in [0, 0.05) is 29.6 Å². The summed E-state index contributed by atoms with van der Waals surface area (Å²) in [6.07, 6.45) is 12.2. The van der Waals surface area contributed by atoms with E-state index >= 15 is 0 Å². The quantitative estimate of drug-likeness (QED) is 0.0737. The Morgan fingerprint density at radius 2 is 1.39 bits per heavy atom. The Bertz CT molecular complexity index is 2540. The second-order valence-corrected chi connectivity index (χ2v) is 13.8. The number of aliphatic imine (C=N–C) groups is 1. The number of nitrogens with zero attached hydrogens (tertiary/aromatic N) is 3. The minimum absolute atomic E-state index is 0.0115. The van der Waals surface area contributed by atoms with Gasteiger partial charge in [-0.05, 0) is 103 Å². The minimum atomic E-state index is -0.0115. The van der Waals surface area contributed by atoms with Gasteiger partial charge in [0.2, 0.25) is 0 Å². The predicted molar refractivity (Wildman–Crippen MR) is 257 cm³/mol. The van der Waals surface area contributed by atoms with Crippen molar-refractivity contribution >= 4 is 33.2 Å². The van der Waals surface area contributed by atoms with Gasteiger partial charge in [-0.3, -0.25) is 10.3 Å². The van der Waals surface area contributed by atoms with Gasteiger partial charge in [0.1, 0.15) is 6.17 Å². The number of likely N-dealkylation sites (N-methyl/N-ethyl adjacent to an activating group) is 1. The molecule has 0 aliphatic rings. The lowest BCUT2D eigenvalue weighted by Crippen LogP contribution is -2.24. The molecule has 2 heterocycles. The van der Waals surface area contributed by atoms with E-state index in [9.17, 15) is 0 Å². The number of hydrogen-bond donors (Lipinski definition) is 2. The maximum Gasteiger partial charge on any atom is 0.104 e. The van der Waals surface area contributed by atoms with Crippen molar-refractivity contribution in [1.82, 2.24) is 14.9 Å². The Balaban J connectivity index is 0.000000527. The second kappa shape index (κ2) is 21.9. The Morgan fingerprint density at radius 1 is 0.763 bits per heavy atom. The highest BCUT2D eigenvalue weighted by atomic mass is 15.2. The third kappa shape index (κ3) is 10.6. The van der Waals surface area contributed by atoms with E-state index in [0.29, 0.717) is 0 Å². The molecule has 0 aliphatic carbocycles. The van der Waals surface area contributed by atoms with Crippen LogP contribution in [-0.4, -0.2) is 28.9 Å². The maximum atomic E-state index is 5.61. The van der Waals surface area contributed by atoms with E-state index in [-0.39, 0.29) is 12.2 Å². The molecule has 0 saturated carbocycles. The summed E-state index contributed by atoms with van der Waals surface area (Å²) >= 11 is 0. The molecule has 0 fully saturated rings. The summed E-state index contributed by atoms with van der Waals surface area (Å²) in [5, 5.41) is 4.77. The van der Waals surface area contributed by atoms with E-state index in [1.165, 1.54) is 11.1 Å². The molecule has 0 radical (unpaired) electrons. The molecule has 0 bridgehead atoms. The zero-order valence-corrected chi connectivity index (χ0v) is 35.7. The van der Waals surface area contributed by atoms with Gasteiger partial charge in [-0.25, -0.2) is 4.98 Å². The molecule has 5 heteroatoms. The van der Waals surface area contributed by atoms with Crippen LogP contribution in [0.25, 0.3) is 49.8 Å². The largest absolute Gasteiger partial charge is 0.324 e. The zero-order valence-electron chi connectivity index (χ0n) is 35.7. The SMILES string of the molecule is C=C/C=C\C(=C/C)c1ccc2c(n1)c1cc(-c3cc(C(=NC)c4ccccc4)cc(-c4ccccc4)c3)ccc1n2C(/C=C\C)NCC.CC.CC(N)c1ccccc1. The molecule has 2 atom stereocenters. The van der Waals surface area contributed by atoms with Crippen molar-refractivity contribution in [3.05, 3.63) is 205 Å². The number of fused-ring (bicyclic) bond motifs is 3. The van der Waals surface area contributed by atoms with E-state index < -0.39 is 0 Å². The van der Waals surface area contributed by atoms with Crippen LogP contribution in [0, 0.1) is 0 Å². The summed E-state index contributed by atoms with van der Waals surface area (Å²) < 4.78 is 2.37. The summed E-state index contributed by atoms with van der Waals surface area (Å²) in [5.41, 5.74) is 19.7. The van der Waals surface area contributed by atoms with Crippen LogP contribution in [0.15, 0.2) is 188 Å². The lowest BCUT2D eigenvalue weighted by molar-refractivity contribution is 0.521. The first-order valence-corrected chi connectivity index (χ1v) is 20.7. The second-order valence-electron chi connectivity index (χ2n) is 13.8. The molecule has 59 heavy (non-hydrogen) atoms. The van der Waals surface area contributed by atoms with Gasteiger partial charge < -0.3 is 10.3 Å². The van der Waals surface area contributed by atoms with Crippen molar-refractivity contribution in [2.24, 2.45) is 10.7 Å². The van der Waals surface area contributed by atoms with Crippen LogP contribution in [0.1, 0.15) is 76.1 Å². The van der Waals surface area contributed by atoms with E-state index in [2.05, 4.69) is 158 Å². The van der Waals surface area contributed by atoms with E-state index in [1.807, 2.05) is 77.2 Å². The topological polar surface area (TPSA) is 68.2 Å². The number of nitrogens with one attached hydrogen (secondary N) is 1.